The van der Waals surface area contributed by atoms with Crippen molar-refractivity contribution in [3.63, 3.8) is 0 Å². The van der Waals surface area contributed by atoms with Crippen LogP contribution in [0, 0.1) is 0 Å². The molecule has 7 nitrogen and oxygen atoms in total. The zero-order valence-corrected chi connectivity index (χ0v) is 9.34. The zero-order valence-electron chi connectivity index (χ0n) is 8.52. The Morgan fingerprint density at radius 1 is 1.33 bits per heavy atom. The Morgan fingerprint density at radius 2 is 2.00 bits per heavy atom. The Balaban J connectivity index is 3.70. The summed E-state index contributed by atoms with van der Waals surface area (Å²) in [5.74, 6) is 0. The molecule has 0 radical (unpaired) electrons. The molecule has 0 unspecified atom stereocenters. The molecule has 0 spiro atoms. The number of aliphatic hydroxyl groups excluding tert-OH is 1. The monoisotopic (exact) mass is 240 g/mol. The minimum Gasteiger partial charge on any atom is -0.452 e. The highest BCUT2D eigenvalue weighted by Crippen LogP contribution is 1.92. The van der Waals surface area contributed by atoms with Gasteiger partial charge >= 0.3 is 16.3 Å². The van der Waals surface area contributed by atoms with Gasteiger partial charge in [0.05, 0.1) is 7.11 Å². The quantitative estimate of drug-likeness (QED) is 0.512. The summed E-state index contributed by atoms with van der Waals surface area (Å²) < 4.78 is 30.1. The highest BCUT2D eigenvalue weighted by Gasteiger charge is 2.12. The van der Waals surface area contributed by atoms with Crippen LogP contribution in [-0.2, 0) is 14.9 Å². The Morgan fingerprint density at radius 3 is 2.53 bits per heavy atom. The van der Waals surface area contributed by atoms with Gasteiger partial charge in [-0.2, -0.15) is 13.1 Å². The minimum absolute atomic E-state index is 0.0904. The first kappa shape index (κ1) is 14.1. The van der Waals surface area contributed by atoms with E-state index in [1.165, 1.54) is 0 Å². The highest BCUT2D eigenvalue weighted by molar-refractivity contribution is 7.88. The molecule has 0 atom stereocenters. The summed E-state index contributed by atoms with van der Waals surface area (Å²) in [7, 11) is -2.74. The summed E-state index contributed by atoms with van der Waals surface area (Å²) in [6, 6.07) is 0. The van der Waals surface area contributed by atoms with E-state index >= 15 is 0 Å². The number of amides is 1. The van der Waals surface area contributed by atoms with E-state index in [0.29, 0.717) is 12.8 Å². The Bertz CT molecular complexity index is 277. The Kier molecular flexibility index (Phi) is 7.01. The van der Waals surface area contributed by atoms with Gasteiger partial charge in [0.1, 0.15) is 0 Å². The molecule has 0 aromatic carbocycles. The van der Waals surface area contributed by atoms with E-state index in [2.05, 4.69) is 9.46 Å². The van der Waals surface area contributed by atoms with Crippen molar-refractivity contribution in [2.45, 2.75) is 19.3 Å². The van der Waals surface area contributed by atoms with Crippen LogP contribution in [0.1, 0.15) is 19.3 Å². The van der Waals surface area contributed by atoms with Gasteiger partial charge in [-0.25, -0.2) is 9.52 Å². The van der Waals surface area contributed by atoms with E-state index in [1.807, 2.05) is 0 Å². The van der Waals surface area contributed by atoms with E-state index in [0.717, 1.165) is 13.5 Å². The molecule has 8 heteroatoms. The number of aliphatic hydroxyl groups is 1. The van der Waals surface area contributed by atoms with Crippen molar-refractivity contribution >= 4 is 16.3 Å². The van der Waals surface area contributed by atoms with Crippen LogP contribution in [0.3, 0.4) is 0 Å². The maximum Gasteiger partial charge on any atom is 0.421 e. The van der Waals surface area contributed by atoms with Crippen molar-refractivity contribution < 1.29 is 23.1 Å². The number of carbonyl (C=O) groups is 1. The fourth-order valence-corrected chi connectivity index (χ4v) is 1.60. The molecule has 0 saturated carbocycles. The molecule has 0 aliphatic heterocycles. The first-order valence-corrected chi connectivity index (χ1v) is 5.96. The second-order valence-electron chi connectivity index (χ2n) is 2.78. The maximum atomic E-state index is 11.1. The molecule has 0 aromatic rings. The van der Waals surface area contributed by atoms with Crippen LogP contribution in [-0.4, -0.2) is 39.9 Å². The lowest BCUT2D eigenvalue weighted by molar-refractivity contribution is 0.177. The lowest BCUT2D eigenvalue weighted by Gasteiger charge is -2.06. The van der Waals surface area contributed by atoms with E-state index in [1.54, 1.807) is 4.72 Å². The number of hydrogen-bond donors (Lipinski definition) is 3. The average molecular weight is 240 g/mol. The summed E-state index contributed by atoms with van der Waals surface area (Å²) in [5.41, 5.74) is 0. The van der Waals surface area contributed by atoms with E-state index in [9.17, 15) is 13.2 Å². The number of nitrogens with one attached hydrogen (secondary N) is 2. The molecule has 0 rings (SSSR count). The predicted molar refractivity (Wildman–Crippen MR) is 53.4 cm³/mol. The van der Waals surface area contributed by atoms with Gasteiger partial charge in [0, 0.05) is 13.2 Å². The molecule has 0 aliphatic rings. The molecule has 0 saturated heterocycles. The van der Waals surface area contributed by atoms with Crippen molar-refractivity contribution in [3.05, 3.63) is 0 Å². The van der Waals surface area contributed by atoms with Crippen LogP contribution in [0.15, 0.2) is 0 Å². The van der Waals surface area contributed by atoms with Gasteiger partial charge in [0.25, 0.3) is 0 Å². The fraction of sp³-hybridized carbons (Fsp3) is 0.857. The van der Waals surface area contributed by atoms with Crippen LogP contribution in [0.25, 0.3) is 0 Å². The second kappa shape index (κ2) is 7.43. The molecule has 0 bridgehead atoms. The highest BCUT2D eigenvalue weighted by atomic mass is 32.2. The third kappa shape index (κ3) is 8.16. The minimum atomic E-state index is -3.82. The molecule has 0 aromatic heterocycles. The van der Waals surface area contributed by atoms with E-state index in [-0.39, 0.29) is 13.2 Å². The van der Waals surface area contributed by atoms with Crippen molar-refractivity contribution in [1.29, 1.82) is 0 Å². The molecule has 0 heterocycles. The smallest absolute Gasteiger partial charge is 0.421 e. The fourth-order valence-electron chi connectivity index (χ4n) is 0.808. The molecule has 90 valence electrons. The molecule has 3 N–H and O–H groups in total. The van der Waals surface area contributed by atoms with Crippen LogP contribution in [0.2, 0.25) is 0 Å². The van der Waals surface area contributed by atoms with Gasteiger partial charge in [-0.15, -0.1) is 0 Å². The van der Waals surface area contributed by atoms with Crippen molar-refractivity contribution in [1.82, 2.24) is 9.44 Å². The molecule has 0 aliphatic carbocycles. The molecule has 0 fully saturated rings. The van der Waals surface area contributed by atoms with Crippen LogP contribution in [0.5, 0.6) is 0 Å². The summed E-state index contributed by atoms with van der Waals surface area (Å²) in [6.07, 6.45) is 0.921. The van der Waals surface area contributed by atoms with Gasteiger partial charge in [0.15, 0.2) is 0 Å². The zero-order chi connectivity index (χ0) is 11.7. The topological polar surface area (TPSA) is 105 Å². The van der Waals surface area contributed by atoms with Gasteiger partial charge in [-0.05, 0) is 19.3 Å². The van der Waals surface area contributed by atoms with Crippen LogP contribution >= 0.6 is 0 Å². The summed E-state index contributed by atoms with van der Waals surface area (Å²) in [6.45, 7) is 0.305. The standard InChI is InChI=1S/C7H16N2O5S/c1-14-7(11)9-15(12,13)8-5-3-2-4-6-10/h8,10H,2-6H2,1H3,(H,9,11). The number of rotatable bonds is 7. The lowest BCUT2D eigenvalue weighted by Crippen LogP contribution is -2.40. The first-order chi connectivity index (χ1) is 7.02. The molecule has 15 heavy (non-hydrogen) atoms. The van der Waals surface area contributed by atoms with Crippen molar-refractivity contribution in [2.75, 3.05) is 20.3 Å². The first-order valence-electron chi connectivity index (χ1n) is 4.48. The van der Waals surface area contributed by atoms with Gasteiger partial charge in [0.2, 0.25) is 0 Å². The normalized spacial score (nSPS) is 11.1. The molecular formula is C7H16N2O5S. The molecular weight excluding hydrogens is 224 g/mol. The number of unbranched alkanes of at least 4 members (excludes halogenated alkanes) is 2. The Hall–Kier alpha value is -0.860. The third-order valence-corrected chi connectivity index (χ3v) is 2.55. The summed E-state index contributed by atoms with van der Waals surface area (Å²) in [4.78, 5) is 10.6. The van der Waals surface area contributed by atoms with Gasteiger partial charge < -0.3 is 9.84 Å². The lowest BCUT2D eigenvalue weighted by atomic mass is 10.2. The van der Waals surface area contributed by atoms with E-state index in [4.69, 9.17) is 5.11 Å². The maximum absolute atomic E-state index is 11.1. The number of ether oxygens (including phenoxy) is 1. The van der Waals surface area contributed by atoms with Crippen LogP contribution in [0.4, 0.5) is 4.79 Å². The third-order valence-electron chi connectivity index (χ3n) is 1.53. The SMILES string of the molecule is COC(=O)NS(=O)(=O)NCCCCCO. The number of carbonyl (C=O) groups excluding carboxylic acids is 1. The van der Waals surface area contributed by atoms with Gasteiger partial charge in [-0.3, -0.25) is 0 Å². The van der Waals surface area contributed by atoms with Crippen LogP contribution < -0.4 is 9.44 Å². The number of hydrogen-bond acceptors (Lipinski definition) is 5. The number of methoxy groups -OCH3 is 1. The van der Waals surface area contributed by atoms with E-state index < -0.39 is 16.3 Å². The van der Waals surface area contributed by atoms with Gasteiger partial charge in [-0.1, -0.05) is 0 Å². The Labute approximate surface area is 89.0 Å². The predicted octanol–water partition coefficient (Wildman–Crippen LogP) is -0.661. The van der Waals surface area contributed by atoms with Crippen molar-refractivity contribution in [2.24, 2.45) is 0 Å². The summed E-state index contributed by atoms with van der Waals surface area (Å²) >= 11 is 0. The molecule has 1 amide bonds. The average Bonchev–Trinajstić information content (AvgIpc) is 2.16. The second-order valence-corrected chi connectivity index (χ2v) is 4.28. The van der Waals surface area contributed by atoms with Crippen molar-refractivity contribution in [3.8, 4) is 0 Å². The summed E-state index contributed by atoms with van der Waals surface area (Å²) in [5, 5.41) is 8.46. The largest absolute Gasteiger partial charge is 0.452 e.